The van der Waals surface area contributed by atoms with E-state index in [9.17, 15) is 4.79 Å². The molecule has 0 radical (unpaired) electrons. The van der Waals surface area contributed by atoms with E-state index in [1.807, 2.05) is 18.2 Å². The van der Waals surface area contributed by atoms with Gasteiger partial charge in [-0.05, 0) is 44.0 Å². The topological polar surface area (TPSA) is 50.4 Å². The Morgan fingerprint density at radius 3 is 2.71 bits per heavy atom. The van der Waals surface area contributed by atoms with Crippen molar-refractivity contribution in [3.8, 4) is 0 Å². The van der Waals surface area contributed by atoms with Crippen molar-refractivity contribution in [3.05, 3.63) is 35.9 Å². The molecule has 4 nitrogen and oxygen atoms in total. The molecule has 2 rings (SSSR count). The summed E-state index contributed by atoms with van der Waals surface area (Å²) < 4.78 is 0. The molecular formula is C13H18N2O2. The van der Waals surface area contributed by atoms with Gasteiger partial charge in [0.1, 0.15) is 0 Å². The van der Waals surface area contributed by atoms with Crippen LogP contribution >= 0.6 is 0 Å². The van der Waals surface area contributed by atoms with Gasteiger partial charge in [0.15, 0.2) is 0 Å². The first-order valence-corrected chi connectivity index (χ1v) is 6.04. The number of nitrogens with one attached hydrogen (secondary N) is 2. The Bertz CT molecular complexity index is 348. The molecule has 1 saturated heterocycles. The lowest BCUT2D eigenvalue weighted by molar-refractivity contribution is 0.0118. The summed E-state index contributed by atoms with van der Waals surface area (Å²) in [5.74, 6) is 0.367. The van der Waals surface area contributed by atoms with Crippen molar-refractivity contribution in [2.75, 3.05) is 19.7 Å². The third kappa shape index (κ3) is 3.84. The van der Waals surface area contributed by atoms with Crippen molar-refractivity contribution < 1.29 is 9.63 Å². The van der Waals surface area contributed by atoms with E-state index in [0.717, 1.165) is 25.9 Å². The average molecular weight is 234 g/mol. The molecule has 1 aliphatic rings. The lowest BCUT2D eigenvalue weighted by atomic mass is 10.00. The molecule has 1 aromatic rings. The van der Waals surface area contributed by atoms with E-state index in [4.69, 9.17) is 4.84 Å². The number of rotatable bonds is 4. The van der Waals surface area contributed by atoms with Gasteiger partial charge in [0, 0.05) is 5.56 Å². The highest BCUT2D eigenvalue weighted by molar-refractivity contribution is 5.93. The first-order valence-electron chi connectivity index (χ1n) is 6.04. The van der Waals surface area contributed by atoms with Gasteiger partial charge in [-0.15, -0.1) is 0 Å². The van der Waals surface area contributed by atoms with Crippen LogP contribution in [-0.4, -0.2) is 25.6 Å². The van der Waals surface area contributed by atoms with Gasteiger partial charge in [0.05, 0.1) is 6.61 Å². The molecule has 1 fully saturated rings. The van der Waals surface area contributed by atoms with Gasteiger partial charge in [-0.25, -0.2) is 5.48 Å². The van der Waals surface area contributed by atoms with E-state index in [2.05, 4.69) is 10.8 Å². The zero-order chi connectivity index (χ0) is 11.9. The van der Waals surface area contributed by atoms with Gasteiger partial charge >= 0.3 is 0 Å². The average Bonchev–Trinajstić information content (AvgIpc) is 2.41. The Morgan fingerprint density at radius 1 is 1.29 bits per heavy atom. The molecule has 2 N–H and O–H groups in total. The van der Waals surface area contributed by atoms with Gasteiger partial charge in [-0.3, -0.25) is 9.63 Å². The maximum atomic E-state index is 11.6. The van der Waals surface area contributed by atoms with Crippen molar-refractivity contribution in [1.29, 1.82) is 0 Å². The molecule has 0 unspecified atom stereocenters. The molecule has 1 heterocycles. The number of carbonyl (C=O) groups excluding carboxylic acids is 1. The fraction of sp³-hybridized carbons (Fsp3) is 0.462. The summed E-state index contributed by atoms with van der Waals surface area (Å²) in [7, 11) is 0. The molecule has 0 spiro atoms. The van der Waals surface area contributed by atoms with Gasteiger partial charge < -0.3 is 5.32 Å². The molecule has 0 bridgehead atoms. The standard InChI is InChI=1S/C13H18N2O2/c16-13(12-4-2-1-3-5-12)15-17-10-11-6-8-14-9-7-11/h1-5,11,14H,6-10H2,(H,15,16). The molecule has 1 aliphatic heterocycles. The Balaban J connectivity index is 1.69. The highest BCUT2D eigenvalue weighted by Gasteiger charge is 2.13. The minimum Gasteiger partial charge on any atom is -0.317 e. The highest BCUT2D eigenvalue weighted by Crippen LogP contribution is 2.11. The largest absolute Gasteiger partial charge is 0.317 e. The number of benzene rings is 1. The fourth-order valence-corrected chi connectivity index (χ4v) is 1.92. The number of hydrogen-bond donors (Lipinski definition) is 2. The normalized spacial score (nSPS) is 16.7. The maximum Gasteiger partial charge on any atom is 0.274 e. The number of piperidine rings is 1. The Labute approximate surface area is 101 Å². The maximum absolute atomic E-state index is 11.6. The van der Waals surface area contributed by atoms with E-state index in [0.29, 0.717) is 18.1 Å². The summed E-state index contributed by atoms with van der Waals surface area (Å²) in [6.07, 6.45) is 2.22. The Hall–Kier alpha value is -1.39. The van der Waals surface area contributed by atoms with Crippen LogP contribution < -0.4 is 10.8 Å². The SMILES string of the molecule is O=C(NOCC1CCNCC1)c1ccccc1. The van der Waals surface area contributed by atoms with Crippen LogP contribution in [0, 0.1) is 5.92 Å². The molecule has 0 aromatic heterocycles. The molecule has 92 valence electrons. The molecule has 0 saturated carbocycles. The van der Waals surface area contributed by atoms with Crippen LogP contribution in [0.1, 0.15) is 23.2 Å². The highest BCUT2D eigenvalue weighted by atomic mass is 16.6. The molecule has 0 atom stereocenters. The van der Waals surface area contributed by atoms with Crippen molar-refractivity contribution in [2.24, 2.45) is 5.92 Å². The summed E-state index contributed by atoms with van der Waals surface area (Å²) >= 11 is 0. The summed E-state index contributed by atoms with van der Waals surface area (Å²) in [5.41, 5.74) is 3.11. The summed E-state index contributed by atoms with van der Waals surface area (Å²) in [4.78, 5) is 16.9. The monoisotopic (exact) mass is 234 g/mol. The van der Waals surface area contributed by atoms with Crippen molar-refractivity contribution in [1.82, 2.24) is 10.8 Å². The number of amides is 1. The van der Waals surface area contributed by atoms with E-state index in [-0.39, 0.29) is 5.91 Å². The molecule has 17 heavy (non-hydrogen) atoms. The summed E-state index contributed by atoms with van der Waals surface area (Å²) in [6.45, 7) is 2.68. The van der Waals surface area contributed by atoms with Crippen LogP contribution in [0.2, 0.25) is 0 Å². The predicted molar refractivity (Wildman–Crippen MR) is 65.5 cm³/mol. The third-order valence-electron chi connectivity index (χ3n) is 2.98. The number of hydrogen-bond acceptors (Lipinski definition) is 3. The van der Waals surface area contributed by atoms with Crippen molar-refractivity contribution >= 4 is 5.91 Å². The molecule has 1 aromatic carbocycles. The van der Waals surface area contributed by atoms with E-state index in [1.165, 1.54) is 0 Å². The lowest BCUT2D eigenvalue weighted by Crippen LogP contribution is -2.33. The van der Waals surface area contributed by atoms with Gasteiger partial charge in [0.25, 0.3) is 5.91 Å². The second-order valence-electron chi connectivity index (χ2n) is 4.30. The smallest absolute Gasteiger partial charge is 0.274 e. The minimum absolute atomic E-state index is 0.181. The van der Waals surface area contributed by atoms with Crippen LogP contribution in [0.25, 0.3) is 0 Å². The number of carbonyl (C=O) groups is 1. The zero-order valence-corrected chi connectivity index (χ0v) is 9.82. The molecule has 0 aliphatic carbocycles. The number of hydroxylamine groups is 1. The zero-order valence-electron chi connectivity index (χ0n) is 9.82. The third-order valence-corrected chi connectivity index (χ3v) is 2.98. The second kappa shape index (κ2) is 6.37. The van der Waals surface area contributed by atoms with E-state index >= 15 is 0 Å². The quantitative estimate of drug-likeness (QED) is 0.773. The van der Waals surface area contributed by atoms with Crippen molar-refractivity contribution in [3.63, 3.8) is 0 Å². The van der Waals surface area contributed by atoms with Crippen molar-refractivity contribution in [2.45, 2.75) is 12.8 Å². The van der Waals surface area contributed by atoms with Gasteiger partial charge in [-0.1, -0.05) is 18.2 Å². The predicted octanol–water partition coefficient (Wildman–Crippen LogP) is 1.35. The Kier molecular flexibility index (Phi) is 4.53. The first-order chi connectivity index (χ1) is 8.36. The lowest BCUT2D eigenvalue weighted by Gasteiger charge is -2.21. The minimum atomic E-state index is -0.181. The van der Waals surface area contributed by atoms with E-state index < -0.39 is 0 Å². The summed E-state index contributed by atoms with van der Waals surface area (Å²) in [6, 6.07) is 9.09. The van der Waals surface area contributed by atoms with Crippen LogP contribution in [0.15, 0.2) is 30.3 Å². The van der Waals surface area contributed by atoms with Crippen LogP contribution in [0.3, 0.4) is 0 Å². The summed E-state index contributed by atoms with van der Waals surface area (Å²) in [5, 5.41) is 3.30. The second-order valence-corrected chi connectivity index (χ2v) is 4.30. The van der Waals surface area contributed by atoms with Crippen LogP contribution in [0.4, 0.5) is 0 Å². The first kappa shape index (κ1) is 12.1. The molecule has 1 amide bonds. The molecular weight excluding hydrogens is 216 g/mol. The van der Waals surface area contributed by atoms with Gasteiger partial charge in [0.2, 0.25) is 0 Å². The Morgan fingerprint density at radius 2 is 2.00 bits per heavy atom. The van der Waals surface area contributed by atoms with Gasteiger partial charge in [-0.2, -0.15) is 0 Å². The fourth-order valence-electron chi connectivity index (χ4n) is 1.92. The van der Waals surface area contributed by atoms with E-state index in [1.54, 1.807) is 12.1 Å². The van der Waals surface area contributed by atoms with Crippen LogP contribution in [-0.2, 0) is 4.84 Å². The molecule has 4 heteroatoms. The van der Waals surface area contributed by atoms with Crippen LogP contribution in [0.5, 0.6) is 0 Å².